The molecule has 0 bridgehead atoms. The number of hydrogen-bond donors (Lipinski definition) is 1. The average molecular weight is 257 g/mol. The van der Waals surface area contributed by atoms with Crippen LogP contribution in [0.1, 0.15) is 37.7 Å². The number of anilines is 1. The van der Waals surface area contributed by atoms with Crippen molar-refractivity contribution in [3.05, 3.63) is 47.5 Å². The van der Waals surface area contributed by atoms with Crippen molar-refractivity contribution in [1.82, 2.24) is 9.55 Å². The molecule has 0 saturated carbocycles. The van der Waals surface area contributed by atoms with Gasteiger partial charge in [0.05, 0.1) is 6.54 Å². The van der Waals surface area contributed by atoms with E-state index in [0.717, 1.165) is 31.8 Å². The second-order valence-corrected chi connectivity index (χ2v) is 4.64. The molecule has 2 aromatic rings. The van der Waals surface area contributed by atoms with Crippen molar-refractivity contribution in [2.75, 3.05) is 5.32 Å². The van der Waals surface area contributed by atoms with Crippen LogP contribution in [0.5, 0.6) is 0 Å². The maximum absolute atomic E-state index is 4.41. The lowest BCUT2D eigenvalue weighted by atomic mass is 10.0. The van der Waals surface area contributed by atoms with Gasteiger partial charge in [-0.2, -0.15) is 0 Å². The summed E-state index contributed by atoms with van der Waals surface area (Å²) in [5.74, 6) is 1.09. The third-order valence-electron chi connectivity index (χ3n) is 3.56. The van der Waals surface area contributed by atoms with Gasteiger partial charge in [0.2, 0.25) is 0 Å². The van der Waals surface area contributed by atoms with E-state index >= 15 is 0 Å². The molecule has 0 saturated heterocycles. The van der Waals surface area contributed by atoms with Gasteiger partial charge in [0.25, 0.3) is 0 Å². The van der Waals surface area contributed by atoms with Crippen LogP contribution in [0.15, 0.2) is 30.6 Å². The number of hydrogen-bond acceptors (Lipinski definition) is 2. The number of rotatable bonds is 6. The van der Waals surface area contributed by atoms with Crippen LogP contribution in [0.4, 0.5) is 5.69 Å². The summed E-state index contributed by atoms with van der Waals surface area (Å²) in [5, 5.41) is 3.58. The van der Waals surface area contributed by atoms with Crippen molar-refractivity contribution < 1.29 is 0 Å². The highest BCUT2D eigenvalue weighted by molar-refractivity contribution is 5.57. The standard InChI is InChI=1S/C16H23N3/c1-4-13-8-7-9-14(5-2)16(13)18-12-15-17-10-11-19(15)6-3/h7-11,18H,4-6,12H2,1-3H3. The van der Waals surface area contributed by atoms with Gasteiger partial charge in [-0.05, 0) is 30.9 Å². The van der Waals surface area contributed by atoms with Gasteiger partial charge in [-0.25, -0.2) is 4.98 Å². The van der Waals surface area contributed by atoms with Crippen molar-refractivity contribution in [2.24, 2.45) is 0 Å². The summed E-state index contributed by atoms with van der Waals surface area (Å²) in [6.45, 7) is 8.29. The molecule has 3 heteroatoms. The Kier molecular flexibility index (Phi) is 4.61. The van der Waals surface area contributed by atoms with Crippen LogP contribution in [-0.4, -0.2) is 9.55 Å². The largest absolute Gasteiger partial charge is 0.377 e. The molecular formula is C16H23N3. The minimum atomic E-state index is 0.783. The van der Waals surface area contributed by atoms with Crippen LogP contribution in [0.3, 0.4) is 0 Å². The van der Waals surface area contributed by atoms with Crippen molar-refractivity contribution in [3.63, 3.8) is 0 Å². The van der Waals surface area contributed by atoms with Crippen LogP contribution in [0, 0.1) is 0 Å². The van der Waals surface area contributed by atoms with E-state index in [2.05, 4.69) is 53.8 Å². The molecule has 0 aliphatic heterocycles. The van der Waals surface area contributed by atoms with Crippen molar-refractivity contribution >= 4 is 5.69 Å². The number of benzene rings is 1. The van der Waals surface area contributed by atoms with E-state index in [1.165, 1.54) is 16.8 Å². The Bertz CT molecular complexity index is 506. The Labute approximate surface area is 115 Å². The second kappa shape index (κ2) is 6.41. The van der Waals surface area contributed by atoms with Crippen LogP contribution in [0.25, 0.3) is 0 Å². The highest BCUT2D eigenvalue weighted by Gasteiger charge is 2.07. The van der Waals surface area contributed by atoms with E-state index in [1.54, 1.807) is 0 Å². The molecule has 102 valence electrons. The number of aromatic nitrogens is 2. The molecular weight excluding hydrogens is 234 g/mol. The molecule has 1 heterocycles. The molecule has 0 unspecified atom stereocenters. The Balaban J connectivity index is 2.19. The molecule has 0 aliphatic rings. The third-order valence-corrected chi connectivity index (χ3v) is 3.56. The first-order valence-electron chi connectivity index (χ1n) is 7.14. The zero-order chi connectivity index (χ0) is 13.7. The van der Waals surface area contributed by atoms with Gasteiger partial charge < -0.3 is 9.88 Å². The van der Waals surface area contributed by atoms with E-state index in [4.69, 9.17) is 0 Å². The Morgan fingerprint density at radius 2 is 1.79 bits per heavy atom. The van der Waals surface area contributed by atoms with E-state index in [0.29, 0.717) is 0 Å². The predicted octanol–water partition coefficient (Wildman–Crippen LogP) is 3.64. The van der Waals surface area contributed by atoms with E-state index < -0.39 is 0 Å². The number of nitrogens with one attached hydrogen (secondary N) is 1. The summed E-state index contributed by atoms with van der Waals surface area (Å²) in [4.78, 5) is 4.41. The van der Waals surface area contributed by atoms with Crippen molar-refractivity contribution in [3.8, 4) is 0 Å². The minimum Gasteiger partial charge on any atom is -0.377 e. The quantitative estimate of drug-likeness (QED) is 0.856. The molecule has 0 spiro atoms. The fourth-order valence-corrected chi connectivity index (χ4v) is 2.43. The average Bonchev–Trinajstić information content (AvgIpc) is 2.91. The molecule has 0 radical (unpaired) electrons. The van der Waals surface area contributed by atoms with Gasteiger partial charge in [-0.15, -0.1) is 0 Å². The maximum atomic E-state index is 4.41. The lowest BCUT2D eigenvalue weighted by Gasteiger charge is -2.15. The number of para-hydroxylation sites is 1. The van der Waals surface area contributed by atoms with Crippen LogP contribution in [0.2, 0.25) is 0 Å². The van der Waals surface area contributed by atoms with Crippen LogP contribution < -0.4 is 5.32 Å². The second-order valence-electron chi connectivity index (χ2n) is 4.64. The summed E-state index contributed by atoms with van der Waals surface area (Å²) < 4.78 is 2.17. The van der Waals surface area contributed by atoms with Crippen molar-refractivity contribution in [1.29, 1.82) is 0 Å². The first-order valence-corrected chi connectivity index (χ1v) is 7.14. The van der Waals surface area contributed by atoms with Gasteiger partial charge in [0, 0.05) is 24.6 Å². The van der Waals surface area contributed by atoms with Crippen LogP contribution >= 0.6 is 0 Å². The van der Waals surface area contributed by atoms with Gasteiger partial charge in [0.15, 0.2) is 0 Å². The lowest BCUT2D eigenvalue weighted by Crippen LogP contribution is -2.10. The minimum absolute atomic E-state index is 0.783. The normalized spacial score (nSPS) is 10.7. The third kappa shape index (κ3) is 2.98. The highest BCUT2D eigenvalue weighted by Crippen LogP contribution is 2.23. The smallest absolute Gasteiger partial charge is 0.128 e. The van der Waals surface area contributed by atoms with Gasteiger partial charge >= 0.3 is 0 Å². The SMILES string of the molecule is CCc1cccc(CC)c1NCc1nccn1CC. The van der Waals surface area contributed by atoms with Crippen molar-refractivity contribution in [2.45, 2.75) is 46.7 Å². The highest BCUT2D eigenvalue weighted by atomic mass is 15.1. The lowest BCUT2D eigenvalue weighted by molar-refractivity contribution is 0.707. The summed E-state index contributed by atoms with van der Waals surface area (Å²) in [7, 11) is 0. The topological polar surface area (TPSA) is 29.9 Å². The molecule has 19 heavy (non-hydrogen) atoms. The predicted molar refractivity (Wildman–Crippen MR) is 80.4 cm³/mol. The molecule has 0 atom stereocenters. The summed E-state index contributed by atoms with van der Waals surface area (Å²) in [6, 6.07) is 6.55. The van der Waals surface area contributed by atoms with Gasteiger partial charge in [0.1, 0.15) is 5.82 Å². The number of imidazole rings is 1. The number of nitrogens with zero attached hydrogens (tertiary/aromatic N) is 2. The monoisotopic (exact) mass is 257 g/mol. The zero-order valence-electron chi connectivity index (χ0n) is 12.1. The molecule has 0 fully saturated rings. The zero-order valence-corrected chi connectivity index (χ0v) is 12.1. The van der Waals surface area contributed by atoms with E-state index in [-0.39, 0.29) is 0 Å². The Morgan fingerprint density at radius 3 is 2.37 bits per heavy atom. The molecule has 1 aromatic heterocycles. The molecule has 0 amide bonds. The fourth-order valence-electron chi connectivity index (χ4n) is 2.43. The first kappa shape index (κ1) is 13.7. The summed E-state index contributed by atoms with van der Waals surface area (Å²) in [5.41, 5.74) is 4.06. The van der Waals surface area contributed by atoms with E-state index in [9.17, 15) is 0 Å². The Morgan fingerprint density at radius 1 is 1.11 bits per heavy atom. The summed E-state index contributed by atoms with van der Waals surface area (Å²) in [6.07, 6.45) is 6.01. The Hall–Kier alpha value is -1.77. The molecule has 2 rings (SSSR count). The van der Waals surface area contributed by atoms with E-state index in [1.807, 2.05) is 12.4 Å². The molecule has 1 N–H and O–H groups in total. The molecule has 3 nitrogen and oxygen atoms in total. The van der Waals surface area contributed by atoms with Gasteiger partial charge in [-0.3, -0.25) is 0 Å². The number of aryl methyl sites for hydroxylation is 3. The first-order chi connectivity index (χ1) is 9.30. The maximum Gasteiger partial charge on any atom is 0.128 e. The molecule has 1 aromatic carbocycles. The van der Waals surface area contributed by atoms with Crippen LogP contribution in [-0.2, 0) is 25.9 Å². The fraction of sp³-hybridized carbons (Fsp3) is 0.438. The van der Waals surface area contributed by atoms with Gasteiger partial charge in [-0.1, -0.05) is 32.0 Å². The summed E-state index contributed by atoms with van der Waals surface area (Å²) >= 11 is 0. The molecule has 0 aliphatic carbocycles.